The van der Waals surface area contributed by atoms with Gasteiger partial charge in [-0.25, -0.2) is 4.98 Å². The summed E-state index contributed by atoms with van der Waals surface area (Å²) in [5.74, 6) is 1.82. The Hall–Kier alpha value is -2.86. The second kappa shape index (κ2) is 12.8. The van der Waals surface area contributed by atoms with Gasteiger partial charge in [-0.1, -0.05) is 56.3 Å². The summed E-state index contributed by atoms with van der Waals surface area (Å²) in [4.78, 5) is 19.9. The number of carbonyl (C=O) groups excluding carboxylic acids is 1. The molecule has 212 valence electrons. The van der Waals surface area contributed by atoms with Crippen molar-refractivity contribution in [1.82, 2.24) is 14.5 Å². The Morgan fingerprint density at radius 1 is 0.950 bits per heavy atom. The molecule has 0 saturated carbocycles. The van der Waals surface area contributed by atoms with Crippen molar-refractivity contribution in [3.8, 4) is 11.4 Å². The number of aryl methyl sites for hydroxylation is 1. The Kier molecular flexibility index (Phi) is 9.60. The highest BCUT2D eigenvalue weighted by atomic mass is 35.5. The third kappa shape index (κ3) is 6.22. The Labute approximate surface area is 250 Å². The minimum absolute atomic E-state index is 0. The fourth-order valence-corrected chi connectivity index (χ4v) is 6.30. The van der Waals surface area contributed by atoms with E-state index in [9.17, 15) is 4.79 Å². The first kappa shape index (κ1) is 30.1. The molecule has 0 bridgehead atoms. The predicted octanol–water partition coefficient (Wildman–Crippen LogP) is 7.50. The summed E-state index contributed by atoms with van der Waals surface area (Å²) in [5.41, 5.74) is 8.57. The molecule has 3 aromatic carbocycles. The molecule has 5 nitrogen and oxygen atoms in total. The molecule has 6 rings (SSSR count). The quantitative estimate of drug-likeness (QED) is 0.257. The highest BCUT2D eigenvalue weighted by Crippen LogP contribution is 2.35. The normalized spacial score (nSPS) is 17.4. The van der Waals surface area contributed by atoms with E-state index in [2.05, 4.69) is 88.4 Å². The number of nitrogens with zero attached hydrogens (tertiary/aromatic N) is 3. The third-order valence-electron chi connectivity index (χ3n) is 8.33. The summed E-state index contributed by atoms with van der Waals surface area (Å²) >= 11 is 0. The van der Waals surface area contributed by atoms with Gasteiger partial charge in [0.15, 0.2) is 0 Å². The zero-order valence-corrected chi connectivity index (χ0v) is 25.2. The molecule has 1 fully saturated rings. The van der Waals surface area contributed by atoms with Crippen molar-refractivity contribution in [2.45, 2.75) is 52.5 Å². The van der Waals surface area contributed by atoms with E-state index in [1.54, 1.807) is 0 Å². The van der Waals surface area contributed by atoms with E-state index in [-0.39, 0.29) is 36.6 Å². The molecule has 1 aromatic heterocycles. The smallest absolute Gasteiger partial charge is 0.226 e. The zero-order valence-electron chi connectivity index (χ0n) is 23.6. The van der Waals surface area contributed by atoms with Gasteiger partial charge in [-0.15, -0.1) is 24.8 Å². The highest BCUT2D eigenvalue weighted by molar-refractivity contribution is 5.92. The van der Waals surface area contributed by atoms with Gasteiger partial charge >= 0.3 is 0 Å². The molecule has 1 N–H and O–H groups in total. The summed E-state index contributed by atoms with van der Waals surface area (Å²) in [5, 5.41) is 3.06. The lowest BCUT2D eigenvalue weighted by Crippen LogP contribution is -2.38. The molecule has 4 aromatic rings. The van der Waals surface area contributed by atoms with Crippen LogP contribution in [0.5, 0.6) is 0 Å². The van der Waals surface area contributed by atoms with Gasteiger partial charge in [0, 0.05) is 42.8 Å². The van der Waals surface area contributed by atoms with Gasteiger partial charge in [-0.2, -0.15) is 0 Å². The summed E-state index contributed by atoms with van der Waals surface area (Å²) in [6.45, 7) is 9.38. The number of imidazole rings is 1. The van der Waals surface area contributed by atoms with E-state index in [0.29, 0.717) is 12.0 Å². The van der Waals surface area contributed by atoms with Crippen molar-refractivity contribution in [1.29, 1.82) is 0 Å². The number of fused-ring (bicyclic) bond motifs is 2. The van der Waals surface area contributed by atoms with Crippen LogP contribution in [0, 0.1) is 18.8 Å². The number of hydrogen-bond donors (Lipinski definition) is 1. The first-order valence-electron chi connectivity index (χ1n) is 14.1. The summed E-state index contributed by atoms with van der Waals surface area (Å²) in [6.07, 6.45) is 4.52. The minimum atomic E-state index is -0.00729. The van der Waals surface area contributed by atoms with E-state index in [1.165, 1.54) is 27.8 Å². The van der Waals surface area contributed by atoms with Crippen LogP contribution in [0.3, 0.4) is 0 Å². The molecule has 1 atom stereocenters. The van der Waals surface area contributed by atoms with Gasteiger partial charge in [0.2, 0.25) is 5.91 Å². The number of likely N-dealkylation sites (tertiary alicyclic amines) is 1. The van der Waals surface area contributed by atoms with Crippen molar-refractivity contribution >= 4 is 47.4 Å². The number of anilines is 1. The van der Waals surface area contributed by atoms with Crippen LogP contribution in [0.15, 0.2) is 66.7 Å². The second-order valence-electron chi connectivity index (χ2n) is 11.6. The highest BCUT2D eigenvalue weighted by Gasteiger charge is 2.29. The minimum Gasteiger partial charge on any atom is -0.326 e. The molecule has 0 radical (unpaired) electrons. The number of nitrogens with one attached hydrogen (secondary N) is 1. The molecule has 40 heavy (non-hydrogen) atoms. The largest absolute Gasteiger partial charge is 0.326 e. The zero-order chi connectivity index (χ0) is 26.2. The maximum atomic E-state index is 12.1. The lowest BCUT2D eigenvalue weighted by molar-refractivity contribution is -0.118. The van der Waals surface area contributed by atoms with E-state index in [0.717, 1.165) is 62.3 Å². The van der Waals surface area contributed by atoms with Crippen LogP contribution < -0.4 is 5.32 Å². The average Bonchev–Trinajstić information content (AvgIpc) is 3.49. The second-order valence-corrected chi connectivity index (χ2v) is 11.6. The monoisotopic (exact) mass is 578 g/mol. The van der Waals surface area contributed by atoms with Gasteiger partial charge in [0.1, 0.15) is 5.82 Å². The number of carbonyl (C=O) groups is 1. The van der Waals surface area contributed by atoms with Crippen LogP contribution in [0.1, 0.15) is 49.4 Å². The fraction of sp³-hybridized carbons (Fsp3) is 0.394. The molecular formula is C33H40Cl2N4O. The van der Waals surface area contributed by atoms with Gasteiger partial charge < -0.3 is 14.8 Å². The molecule has 1 aliphatic heterocycles. The van der Waals surface area contributed by atoms with Crippen molar-refractivity contribution in [2.24, 2.45) is 11.8 Å². The Bertz CT molecular complexity index is 1460. The first-order chi connectivity index (χ1) is 18.4. The number of benzene rings is 3. The molecule has 1 amide bonds. The molecule has 7 heteroatoms. The molecular weight excluding hydrogens is 539 g/mol. The number of aromatic nitrogens is 2. The fourth-order valence-electron chi connectivity index (χ4n) is 6.30. The summed E-state index contributed by atoms with van der Waals surface area (Å²) in [7, 11) is 0. The Balaban J connectivity index is 0.00000185. The van der Waals surface area contributed by atoms with E-state index >= 15 is 0 Å². The molecule has 1 aliphatic carbocycles. The standard InChI is InChI=1S/C33H38N4O.2ClH/c1-22(2)33(38)34-28-11-10-26-18-24(19-27(26)20-28)21-36-15-13-29(14-16-36)37-31-12-9-23(3)17-30(31)35-32(37)25-7-5-4-6-8-25;;/h4-12,17,20,22,24,29H,13-16,18-19,21H2,1-3H3,(H,34,38);2*1H/t24-;;/m1../s1. The van der Waals surface area contributed by atoms with Crippen LogP contribution in [0.2, 0.25) is 0 Å². The van der Waals surface area contributed by atoms with Crippen LogP contribution in [0.4, 0.5) is 5.69 Å². The van der Waals surface area contributed by atoms with Crippen LogP contribution in [-0.2, 0) is 17.6 Å². The maximum Gasteiger partial charge on any atom is 0.226 e. The van der Waals surface area contributed by atoms with E-state index in [1.807, 2.05) is 13.8 Å². The molecule has 0 unspecified atom stereocenters. The van der Waals surface area contributed by atoms with Crippen molar-refractivity contribution < 1.29 is 4.79 Å². The number of halogens is 2. The number of amides is 1. The lowest BCUT2D eigenvalue weighted by atomic mass is 10.00. The third-order valence-corrected chi connectivity index (χ3v) is 8.33. The Morgan fingerprint density at radius 3 is 2.40 bits per heavy atom. The van der Waals surface area contributed by atoms with E-state index < -0.39 is 0 Å². The topological polar surface area (TPSA) is 50.2 Å². The van der Waals surface area contributed by atoms with Crippen LogP contribution >= 0.6 is 24.8 Å². The van der Waals surface area contributed by atoms with Crippen LogP contribution in [0.25, 0.3) is 22.4 Å². The van der Waals surface area contributed by atoms with Crippen molar-refractivity contribution in [2.75, 3.05) is 25.0 Å². The SMILES string of the molecule is Cc1ccc2c(c1)nc(-c1ccccc1)n2C1CCN(C[C@@H]2Cc3ccc(NC(=O)C(C)C)cc3C2)CC1.Cl.Cl. The van der Waals surface area contributed by atoms with Crippen molar-refractivity contribution in [3.63, 3.8) is 0 Å². The van der Waals surface area contributed by atoms with E-state index in [4.69, 9.17) is 4.98 Å². The Morgan fingerprint density at radius 2 is 1.68 bits per heavy atom. The molecule has 2 aliphatic rings. The van der Waals surface area contributed by atoms with Crippen LogP contribution in [-0.4, -0.2) is 40.0 Å². The van der Waals surface area contributed by atoms with Gasteiger partial charge in [0.25, 0.3) is 0 Å². The maximum absolute atomic E-state index is 12.1. The molecule has 0 spiro atoms. The van der Waals surface area contributed by atoms with Crippen molar-refractivity contribution in [3.05, 3.63) is 83.4 Å². The summed E-state index contributed by atoms with van der Waals surface area (Å²) < 4.78 is 2.51. The van der Waals surface area contributed by atoms with Gasteiger partial charge in [-0.05, 0) is 79.5 Å². The predicted molar refractivity (Wildman–Crippen MR) is 170 cm³/mol. The first-order valence-corrected chi connectivity index (χ1v) is 14.1. The van der Waals surface area contributed by atoms with Gasteiger partial charge in [0.05, 0.1) is 11.0 Å². The summed E-state index contributed by atoms with van der Waals surface area (Å²) in [6, 6.07) is 24.2. The number of piperidine rings is 1. The average molecular weight is 580 g/mol. The van der Waals surface area contributed by atoms with Gasteiger partial charge in [-0.3, -0.25) is 4.79 Å². The molecule has 2 heterocycles. The molecule has 1 saturated heterocycles. The lowest BCUT2D eigenvalue weighted by Gasteiger charge is -2.35. The number of hydrogen-bond acceptors (Lipinski definition) is 3. The number of rotatable bonds is 6.